The fourth-order valence-electron chi connectivity index (χ4n) is 1.62. The second kappa shape index (κ2) is 7.32. The van der Waals surface area contributed by atoms with Crippen LogP contribution in [0, 0.1) is 11.3 Å². The van der Waals surface area contributed by atoms with Crippen molar-refractivity contribution >= 4 is 11.6 Å². The molecular formula is C17H28N2O. The molecule has 0 atom stereocenters. The molecule has 0 saturated heterocycles. The lowest BCUT2D eigenvalue weighted by molar-refractivity contribution is 0.0925. The van der Waals surface area contributed by atoms with Gasteiger partial charge in [-0.25, -0.2) is 0 Å². The van der Waals surface area contributed by atoms with E-state index in [1.54, 1.807) is 0 Å². The summed E-state index contributed by atoms with van der Waals surface area (Å²) in [6.45, 7) is 12.5. The third-order valence-corrected chi connectivity index (χ3v) is 3.99. The topological polar surface area (TPSA) is 41.1 Å². The quantitative estimate of drug-likeness (QED) is 0.792. The number of hydrogen-bond acceptors (Lipinski definition) is 2. The van der Waals surface area contributed by atoms with E-state index in [9.17, 15) is 4.79 Å². The smallest absolute Gasteiger partial charge is 0.251 e. The zero-order chi connectivity index (χ0) is 15.2. The average molecular weight is 276 g/mol. The van der Waals surface area contributed by atoms with Gasteiger partial charge >= 0.3 is 0 Å². The highest BCUT2D eigenvalue weighted by Gasteiger charge is 2.23. The van der Waals surface area contributed by atoms with Gasteiger partial charge in [-0.15, -0.1) is 0 Å². The van der Waals surface area contributed by atoms with Gasteiger partial charge in [0.15, 0.2) is 0 Å². The number of anilines is 1. The molecule has 1 amide bonds. The molecule has 0 fully saturated rings. The summed E-state index contributed by atoms with van der Waals surface area (Å²) in [5, 5.41) is 6.32. The van der Waals surface area contributed by atoms with Crippen molar-refractivity contribution in [2.45, 2.75) is 41.0 Å². The number of carbonyl (C=O) groups is 1. The van der Waals surface area contributed by atoms with E-state index in [1.807, 2.05) is 24.3 Å². The zero-order valence-corrected chi connectivity index (χ0v) is 13.4. The van der Waals surface area contributed by atoms with E-state index in [0.717, 1.165) is 18.7 Å². The van der Waals surface area contributed by atoms with Crippen LogP contribution in [0.15, 0.2) is 24.3 Å². The maximum atomic E-state index is 12.1. The van der Waals surface area contributed by atoms with Crippen LogP contribution in [-0.4, -0.2) is 19.0 Å². The van der Waals surface area contributed by atoms with E-state index in [-0.39, 0.29) is 11.3 Å². The molecule has 0 bridgehead atoms. The van der Waals surface area contributed by atoms with Crippen LogP contribution in [0.3, 0.4) is 0 Å². The van der Waals surface area contributed by atoms with Crippen molar-refractivity contribution in [2.75, 3.05) is 18.4 Å². The fourth-order valence-corrected chi connectivity index (χ4v) is 1.62. The lowest BCUT2D eigenvalue weighted by atomic mass is 9.81. The van der Waals surface area contributed by atoms with E-state index in [1.165, 1.54) is 0 Å². The van der Waals surface area contributed by atoms with Gasteiger partial charge in [0.05, 0.1) is 0 Å². The molecule has 1 aromatic rings. The SMILES string of the molecule is CCCNc1ccc(C(=O)NCC(C)(C)C(C)C)cc1. The van der Waals surface area contributed by atoms with Gasteiger partial charge < -0.3 is 10.6 Å². The average Bonchev–Trinajstić information content (AvgIpc) is 2.43. The molecule has 0 aromatic heterocycles. The third-order valence-electron chi connectivity index (χ3n) is 3.99. The molecule has 0 heterocycles. The van der Waals surface area contributed by atoms with Gasteiger partial charge in [0.2, 0.25) is 0 Å². The fraction of sp³-hybridized carbons (Fsp3) is 0.588. The first-order chi connectivity index (χ1) is 9.36. The molecule has 1 rings (SSSR count). The summed E-state index contributed by atoms with van der Waals surface area (Å²) in [6.07, 6.45) is 1.09. The molecule has 0 aliphatic heterocycles. The highest BCUT2D eigenvalue weighted by molar-refractivity contribution is 5.94. The summed E-state index contributed by atoms with van der Waals surface area (Å²) in [4.78, 5) is 12.1. The van der Waals surface area contributed by atoms with Crippen molar-refractivity contribution in [1.82, 2.24) is 5.32 Å². The Morgan fingerprint density at radius 3 is 2.30 bits per heavy atom. The minimum absolute atomic E-state index is 0.000710. The molecule has 0 saturated carbocycles. The number of carbonyl (C=O) groups excluding carboxylic acids is 1. The maximum absolute atomic E-state index is 12.1. The molecule has 0 radical (unpaired) electrons. The van der Waals surface area contributed by atoms with E-state index in [2.05, 4.69) is 45.3 Å². The number of hydrogen-bond donors (Lipinski definition) is 2. The van der Waals surface area contributed by atoms with Gasteiger partial charge in [-0.1, -0.05) is 34.6 Å². The highest BCUT2D eigenvalue weighted by Crippen LogP contribution is 2.24. The van der Waals surface area contributed by atoms with Crippen molar-refractivity contribution in [3.05, 3.63) is 29.8 Å². The molecular weight excluding hydrogens is 248 g/mol. The molecule has 3 heteroatoms. The van der Waals surface area contributed by atoms with Crippen molar-refractivity contribution in [2.24, 2.45) is 11.3 Å². The van der Waals surface area contributed by atoms with Gasteiger partial charge in [-0.3, -0.25) is 4.79 Å². The van der Waals surface area contributed by atoms with Crippen LogP contribution >= 0.6 is 0 Å². The molecule has 0 aliphatic rings. The van der Waals surface area contributed by atoms with Crippen molar-refractivity contribution in [1.29, 1.82) is 0 Å². The van der Waals surface area contributed by atoms with E-state index in [4.69, 9.17) is 0 Å². The first-order valence-corrected chi connectivity index (χ1v) is 7.49. The first kappa shape index (κ1) is 16.5. The van der Waals surface area contributed by atoms with E-state index in [0.29, 0.717) is 18.0 Å². The number of amides is 1. The lowest BCUT2D eigenvalue weighted by Crippen LogP contribution is -2.36. The Balaban J connectivity index is 2.56. The summed E-state index contributed by atoms with van der Waals surface area (Å²) in [5.74, 6) is 0.532. The predicted octanol–water partition coefficient (Wildman–Crippen LogP) is 3.92. The Morgan fingerprint density at radius 2 is 1.80 bits per heavy atom. The largest absolute Gasteiger partial charge is 0.385 e. The van der Waals surface area contributed by atoms with Gasteiger partial charge in [-0.2, -0.15) is 0 Å². The Morgan fingerprint density at radius 1 is 1.20 bits per heavy atom. The predicted molar refractivity (Wildman–Crippen MR) is 86.2 cm³/mol. The van der Waals surface area contributed by atoms with Gasteiger partial charge in [0.1, 0.15) is 0 Å². The van der Waals surface area contributed by atoms with E-state index < -0.39 is 0 Å². The Labute approximate surface area is 123 Å². The molecule has 0 unspecified atom stereocenters. The molecule has 0 aliphatic carbocycles. The highest BCUT2D eigenvalue weighted by atomic mass is 16.1. The van der Waals surface area contributed by atoms with E-state index >= 15 is 0 Å². The van der Waals surface area contributed by atoms with Crippen molar-refractivity contribution in [3.63, 3.8) is 0 Å². The van der Waals surface area contributed by atoms with Gasteiger partial charge in [0, 0.05) is 24.3 Å². The first-order valence-electron chi connectivity index (χ1n) is 7.49. The summed E-state index contributed by atoms with van der Waals surface area (Å²) in [5.41, 5.74) is 1.88. The van der Waals surface area contributed by atoms with Gasteiger partial charge in [0.25, 0.3) is 5.91 Å². The molecule has 1 aromatic carbocycles. The molecule has 112 valence electrons. The summed E-state index contributed by atoms with van der Waals surface area (Å²) < 4.78 is 0. The summed E-state index contributed by atoms with van der Waals surface area (Å²) >= 11 is 0. The van der Waals surface area contributed by atoms with Crippen LogP contribution in [0.1, 0.15) is 51.4 Å². The minimum atomic E-state index is 0.000710. The molecule has 0 spiro atoms. The third kappa shape index (κ3) is 4.87. The second-order valence-corrected chi connectivity index (χ2v) is 6.33. The number of nitrogens with one attached hydrogen (secondary N) is 2. The van der Waals surface area contributed by atoms with Crippen LogP contribution in [-0.2, 0) is 0 Å². The molecule has 3 nitrogen and oxygen atoms in total. The van der Waals surface area contributed by atoms with Gasteiger partial charge in [-0.05, 0) is 42.0 Å². The van der Waals surface area contributed by atoms with Crippen LogP contribution < -0.4 is 10.6 Å². The standard InChI is InChI=1S/C17H28N2O/c1-6-11-18-15-9-7-14(8-10-15)16(20)19-12-17(4,5)13(2)3/h7-10,13,18H,6,11-12H2,1-5H3,(H,19,20). The number of rotatable bonds is 7. The molecule has 20 heavy (non-hydrogen) atoms. The van der Waals surface area contributed by atoms with Crippen molar-refractivity contribution in [3.8, 4) is 0 Å². The molecule has 2 N–H and O–H groups in total. The van der Waals surface area contributed by atoms with Crippen LogP contribution in [0.5, 0.6) is 0 Å². The van der Waals surface area contributed by atoms with Crippen LogP contribution in [0.25, 0.3) is 0 Å². The lowest BCUT2D eigenvalue weighted by Gasteiger charge is -2.29. The normalized spacial score (nSPS) is 11.5. The summed E-state index contributed by atoms with van der Waals surface area (Å²) in [7, 11) is 0. The second-order valence-electron chi connectivity index (χ2n) is 6.33. The maximum Gasteiger partial charge on any atom is 0.251 e. The Hall–Kier alpha value is -1.51. The number of benzene rings is 1. The Kier molecular flexibility index (Phi) is 6.05. The van der Waals surface area contributed by atoms with Crippen molar-refractivity contribution < 1.29 is 4.79 Å². The monoisotopic (exact) mass is 276 g/mol. The summed E-state index contributed by atoms with van der Waals surface area (Å²) in [6, 6.07) is 7.65. The Bertz CT molecular complexity index is 421. The van der Waals surface area contributed by atoms with Crippen LogP contribution in [0.4, 0.5) is 5.69 Å². The van der Waals surface area contributed by atoms with Crippen LogP contribution in [0.2, 0.25) is 0 Å². The minimum Gasteiger partial charge on any atom is -0.385 e. The zero-order valence-electron chi connectivity index (χ0n) is 13.4.